The van der Waals surface area contributed by atoms with E-state index in [1.54, 1.807) is 0 Å². The van der Waals surface area contributed by atoms with Crippen LogP contribution in [-0.4, -0.2) is 4.57 Å². The van der Waals surface area contributed by atoms with Gasteiger partial charge in [-0.1, -0.05) is 70.2 Å². The number of nitrogens with zero attached hydrogens (tertiary/aromatic N) is 2. The van der Waals surface area contributed by atoms with Gasteiger partial charge in [-0.25, -0.2) is 0 Å². The zero-order valence-corrected chi connectivity index (χ0v) is 19.4. The van der Waals surface area contributed by atoms with Crippen LogP contribution in [0.5, 0.6) is 0 Å². The smallest absolute Gasteiger partial charge is 0.213 e. The minimum absolute atomic E-state index is 0.497. The van der Waals surface area contributed by atoms with Crippen molar-refractivity contribution in [2.75, 3.05) is 0 Å². The van der Waals surface area contributed by atoms with Crippen molar-refractivity contribution in [1.82, 2.24) is 4.57 Å². The van der Waals surface area contributed by atoms with Crippen molar-refractivity contribution in [2.24, 2.45) is 0 Å². The highest BCUT2D eigenvalue weighted by Gasteiger charge is 2.36. The first kappa shape index (κ1) is 20.5. The highest BCUT2D eigenvalue weighted by atomic mass is 15.0. The molecule has 2 nitrogen and oxygen atoms in total. The highest BCUT2D eigenvalue weighted by Crippen LogP contribution is 2.41. The van der Waals surface area contributed by atoms with Crippen LogP contribution in [-0.2, 0) is 0 Å². The first-order chi connectivity index (χ1) is 15.8. The second-order valence-electron chi connectivity index (χ2n) is 8.40. The number of pyridine rings is 1. The summed E-state index contributed by atoms with van der Waals surface area (Å²) < 4.78 is 4.89. The third kappa shape index (κ3) is 2.97. The molecule has 0 saturated carbocycles. The Kier molecular flexibility index (Phi) is 5.30. The van der Waals surface area contributed by atoms with Crippen molar-refractivity contribution < 1.29 is 4.57 Å². The van der Waals surface area contributed by atoms with E-state index in [0.29, 0.717) is 12.0 Å². The highest BCUT2D eigenvalue weighted by molar-refractivity contribution is 6.09. The molecule has 160 valence electrons. The van der Waals surface area contributed by atoms with E-state index < -0.39 is 0 Å². The summed E-state index contributed by atoms with van der Waals surface area (Å²) in [4.78, 5) is 0. The van der Waals surface area contributed by atoms with Crippen LogP contribution in [0.3, 0.4) is 0 Å². The van der Waals surface area contributed by atoms with Crippen LogP contribution in [0.25, 0.3) is 38.8 Å². The van der Waals surface area contributed by atoms with Crippen molar-refractivity contribution >= 4 is 21.8 Å². The van der Waals surface area contributed by atoms with Crippen molar-refractivity contribution in [1.29, 1.82) is 0 Å². The number of hydrogen-bond acceptors (Lipinski definition) is 0. The van der Waals surface area contributed by atoms with Gasteiger partial charge in [-0.3, -0.25) is 0 Å². The molecule has 6 rings (SSSR count). The molecular weight excluding hydrogens is 388 g/mol. The fraction of sp³-hybridized carbons (Fsp3) is 0.233. The summed E-state index contributed by atoms with van der Waals surface area (Å²) >= 11 is 0. The summed E-state index contributed by atoms with van der Waals surface area (Å²) in [5, 5.41) is 2.61. The van der Waals surface area contributed by atoms with E-state index in [9.17, 15) is 0 Å². The van der Waals surface area contributed by atoms with Gasteiger partial charge in [0, 0.05) is 40.9 Å². The summed E-state index contributed by atoms with van der Waals surface area (Å²) in [6.07, 6.45) is 3.38. The van der Waals surface area contributed by atoms with Gasteiger partial charge in [-0.15, -0.1) is 0 Å². The van der Waals surface area contributed by atoms with Crippen LogP contribution in [0, 0.1) is 0 Å². The Bertz CT molecular complexity index is 1360. The lowest BCUT2D eigenvalue weighted by molar-refractivity contribution is -0.718. The Hall–Kier alpha value is -3.39. The topological polar surface area (TPSA) is 8.81 Å². The van der Waals surface area contributed by atoms with Gasteiger partial charge in [0.2, 0.25) is 5.69 Å². The van der Waals surface area contributed by atoms with Crippen LogP contribution in [0.1, 0.15) is 51.6 Å². The van der Waals surface area contributed by atoms with Crippen LogP contribution in [0.15, 0.2) is 91.1 Å². The molecule has 2 unspecified atom stereocenters. The molecule has 1 aliphatic heterocycles. The SMILES string of the molecule is CC.CCC1C(C)c2ccc(-n3c4ccccc4c4ccccc43)cc2-c2cccc[n+]21. The molecule has 0 spiro atoms. The van der Waals surface area contributed by atoms with E-state index in [2.05, 4.69) is 114 Å². The number of benzene rings is 3. The lowest BCUT2D eigenvalue weighted by atomic mass is 9.83. The molecule has 0 N–H and O–H groups in total. The van der Waals surface area contributed by atoms with E-state index in [-0.39, 0.29) is 0 Å². The van der Waals surface area contributed by atoms with Crippen molar-refractivity contribution in [2.45, 2.75) is 46.1 Å². The lowest BCUT2D eigenvalue weighted by Gasteiger charge is -2.28. The molecule has 0 saturated heterocycles. The molecule has 1 aliphatic rings. The van der Waals surface area contributed by atoms with Crippen LogP contribution in [0.2, 0.25) is 0 Å². The third-order valence-electron chi connectivity index (χ3n) is 6.88. The summed E-state index contributed by atoms with van der Waals surface area (Å²) in [7, 11) is 0. The fourth-order valence-electron chi connectivity index (χ4n) is 5.47. The predicted molar refractivity (Wildman–Crippen MR) is 136 cm³/mol. The Morgan fingerprint density at radius 3 is 2.06 bits per heavy atom. The molecular formula is C30H31N2+. The number of rotatable bonds is 2. The van der Waals surface area contributed by atoms with Gasteiger partial charge in [-0.2, -0.15) is 4.57 Å². The summed E-state index contributed by atoms with van der Waals surface area (Å²) in [5.74, 6) is 0.497. The van der Waals surface area contributed by atoms with Crippen LogP contribution >= 0.6 is 0 Å². The molecule has 0 aliphatic carbocycles. The second kappa shape index (κ2) is 8.27. The predicted octanol–water partition coefficient (Wildman–Crippen LogP) is 7.83. The molecule has 2 atom stereocenters. The monoisotopic (exact) mass is 419 g/mol. The van der Waals surface area contributed by atoms with Gasteiger partial charge < -0.3 is 4.57 Å². The summed E-state index contributed by atoms with van der Waals surface area (Å²) in [5.41, 5.74) is 7.87. The van der Waals surface area contributed by atoms with Gasteiger partial charge in [-0.05, 0) is 35.9 Å². The molecule has 5 aromatic rings. The van der Waals surface area contributed by atoms with Crippen molar-refractivity contribution in [3.63, 3.8) is 0 Å². The van der Waals surface area contributed by atoms with Crippen LogP contribution < -0.4 is 4.57 Å². The fourth-order valence-corrected chi connectivity index (χ4v) is 5.47. The number of aromatic nitrogens is 2. The summed E-state index contributed by atoms with van der Waals surface area (Å²) in [6, 6.07) is 31.6. The maximum absolute atomic E-state index is 2.47. The molecule has 3 heterocycles. The van der Waals surface area contributed by atoms with E-state index in [1.807, 2.05) is 13.8 Å². The van der Waals surface area contributed by atoms with Gasteiger partial charge in [0.15, 0.2) is 12.2 Å². The first-order valence-electron chi connectivity index (χ1n) is 11.9. The maximum atomic E-state index is 2.47. The molecule has 0 radical (unpaired) electrons. The minimum atomic E-state index is 0.497. The quantitative estimate of drug-likeness (QED) is 0.258. The largest absolute Gasteiger partial charge is 0.309 e. The van der Waals surface area contributed by atoms with Crippen molar-refractivity contribution in [3.8, 4) is 16.9 Å². The zero-order valence-electron chi connectivity index (χ0n) is 19.4. The Morgan fingerprint density at radius 1 is 0.781 bits per heavy atom. The van der Waals surface area contributed by atoms with Crippen LogP contribution in [0.4, 0.5) is 0 Å². The van der Waals surface area contributed by atoms with E-state index >= 15 is 0 Å². The number of hydrogen-bond donors (Lipinski definition) is 0. The minimum Gasteiger partial charge on any atom is -0.309 e. The van der Waals surface area contributed by atoms with Gasteiger partial charge >= 0.3 is 0 Å². The van der Waals surface area contributed by atoms with E-state index in [1.165, 1.54) is 44.3 Å². The molecule has 0 amide bonds. The number of para-hydroxylation sites is 2. The lowest BCUT2D eigenvalue weighted by Crippen LogP contribution is -2.46. The van der Waals surface area contributed by atoms with Gasteiger partial charge in [0.1, 0.15) is 0 Å². The zero-order chi connectivity index (χ0) is 22.2. The average molecular weight is 420 g/mol. The van der Waals surface area contributed by atoms with Crippen molar-refractivity contribution in [3.05, 3.63) is 96.7 Å². The Balaban J connectivity index is 0.00000105. The van der Waals surface area contributed by atoms with E-state index in [0.717, 1.165) is 6.42 Å². The Labute approximate surface area is 190 Å². The molecule has 2 aromatic heterocycles. The molecule has 3 aromatic carbocycles. The number of fused-ring (bicyclic) bond motifs is 6. The molecule has 0 bridgehead atoms. The first-order valence-corrected chi connectivity index (χ1v) is 11.9. The Morgan fingerprint density at radius 2 is 1.41 bits per heavy atom. The van der Waals surface area contributed by atoms with Gasteiger partial charge in [0.05, 0.1) is 16.6 Å². The normalized spacial score (nSPS) is 16.9. The molecule has 0 fully saturated rings. The third-order valence-corrected chi connectivity index (χ3v) is 6.88. The second-order valence-corrected chi connectivity index (χ2v) is 8.40. The standard InChI is InChI=1S/C28H25N2.C2H6/c1-3-25-19(2)21-16-15-20(18-24(21)26-12-8-9-17-29(25)26)30-27-13-6-4-10-22(27)23-11-5-7-14-28(23)30;1-2/h4-19,25H,3H2,1-2H3;1-2H3/q+1;. The van der Waals surface area contributed by atoms with Gasteiger partial charge in [0.25, 0.3) is 0 Å². The van der Waals surface area contributed by atoms with E-state index in [4.69, 9.17) is 0 Å². The summed E-state index contributed by atoms with van der Waals surface area (Å²) in [6.45, 7) is 8.67. The molecule has 2 heteroatoms. The average Bonchev–Trinajstić information content (AvgIpc) is 3.20. The molecule has 32 heavy (non-hydrogen) atoms. The maximum Gasteiger partial charge on any atom is 0.213 e.